The van der Waals surface area contributed by atoms with Crippen LogP contribution in [-0.4, -0.2) is 10.9 Å². The molecular formula is C17H11NO4. The smallest absolute Gasteiger partial charge is 0.344 e. The molecule has 22 heavy (non-hydrogen) atoms. The quantitative estimate of drug-likeness (QED) is 0.285. The first-order valence-corrected chi connectivity index (χ1v) is 6.60. The van der Waals surface area contributed by atoms with Crippen LogP contribution in [0.1, 0.15) is 11.1 Å². The zero-order valence-electron chi connectivity index (χ0n) is 11.4. The second kappa shape index (κ2) is 5.65. The summed E-state index contributed by atoms with van der Waals surface area (Å²) >= 11 is 0. The van der Waals surface area contributed by atoms with Crippen LogP contribution >= 0.6 is 0 Å². The molecule has 2 aromatic carbocycles. The average Bonchev–Trinajstić information content (AvgIpc) is 2.83. The lowest BCUT2D eigenvalue weighted by molar-refractivity contribution is -0.385. The van der Waals surface area contributed by atoms with Gasteiger partial charge in [0.25, 0.3) is 5.69 Å². The van der Waals surface area contributed by atoms with E-state index in [1.165, 1.54) is 6.07 Å². The molecular weight excluding hydrogens is 282 g/mol. The van der Waals surface area contributed by atoms with E-state index in [4.69, 9.17) is 4.74 Å². The molecule has 0 bridgehead atoms. The van der Waals surface area contributed by atoms with Gasteiger partial charge in [0.05, 0.1) is 16.1 Å². The van der Waals surface area contributed by atoms with Gasteiger partial charge in [0, 0.05) is 11.6 Å². The number of esters is 1. The zero-order chi connectivity index (χ0) is 15.5. The van der Waals surface area contributed by atoms with Gasteiger partial charge in [0.15, 0.2) is 0 Å². The Kier molecular flexibility index (Phi) is 3.53. The molecule has 0 N–H and O–H groups in total. The largest absolute Gasteiger partial charge is 0.422 e. The van der Waals surface area contributed by atoms with E-state index in [2.05, 4.69) is 0 Å². The van der Waals surface area contributed by atoms with Gasteiger partial charge in [-0.25, -0.2) is 4.79 Å². The van der Waals surface area contributed by atoms with Gasteiger partial charge in [-0.3, -0.25) is 10.1 Å². The van der Waals surface area contributed by atoms with Crippen molar-refractivity contribution in [3.63, 3.8) is 0 Å². The van der Waals surface area contributed by atoms with Crippen LogP contribution in [-0.2, 0) is 4.79 Å². The molecule has 0 aliphatic carbocycles. The average molecular weight is 293 g/mol. The highest BCUT2D eigenvalue weighted by atomic mass is 16.6. The van der Waals surface area contributed by atoms with Crippen LogP contribution in [0.4, 0.5) is 5.69 Å². The molecule has 0 fully saturated rings. The molecule has 108 valence electrons. The minimum atomic E-state index is -0.439. The maximum Gasteiger partial charge on any atom is 0.344 e. The first kappa shape index (κ1) is 13.8. The summed E-state index contributed by atoms with van der Waals surface area (Å²) in [4.78, 5) is 22.3. The lowest BCUT2D eigenvalue weighted by Gasteiger charge is -1.96. The Balaban J connectivity index is 1.92. The Morgan fingerprint density at radius 3 is 2.59 bits per heavy atom. The molecule has 0 saturated heterocycles. The predicted molar refractivity (Wildman–Crippen MR) is 82.2 cm³/mol. The van der Waals surface area contributed by atoms with E-state index < -0.39 is 10.9 Å². The third kappa shape index (κ3) is 2.52. The topological polar surface area (TPSA) is 69.4 Å². The molecule has 5 nitrogen and oxygen atoms in total. The van der Waals surface area contributed by atoms with Gasteiger partial charge >= 0.3 is 5.97 Å². The molecule has 0 unspecified atom stereocenters. The van der Waals surface area contributed by atoms with Crippen LogP contribution in [0.3, 0.4) is 0 Å². The Labute approximate surface area is 126 Å². The lowest BCUT2D eigenvalue weighted by atomic mass is 10.1. The highest BCUT2D eigenvalue weighted by molar-refractivity contribution is 6.21. The van der Waals surface area contributed by atoms with E-state index >= 15 is 0 Å². The number of fused-ring (bicyclic) bond motifs is 1. The Hall–Kier alpha value is -3.21. The fraction of sp³-hybridized carbons (Fsp3) is 0. The van der Waals surface area contributed by atoms with E-state index in [1.807, 2.05) is 6.07 Å². The number of nitrogens with zero attached hydrogens (tertiary/aromatic N) is 1. The maximum atomic E-state index is 11.8. The van der Waals surface area contributed by atoms with Crippen molar-refractivity contribution >= 4 is 23.3 Å². The summed E-state index contributed by atoms with van der Waals surface area (Å²) in [5.74, 6) is 0.103. The van der Waals surface area contributed by atoms with Crippen LogP contribution < -0.4 is 4.74 Å². The van der Waals surface area contributed by atoms with Gasteiger partial charge in [-0.2, -0.15) is 0 Å². The second-order valence-corrected chi connectivity index (χ2v) is 4.64. The number of ether oxygens (including phenoxy) is 1. The molecule has 0 spiro atoms. The van der Waals surface area contributed by atoms with E-state index in [1.54, 1.807) is 54.6 Å². The fourth-order valence-electron chi connectivity index (χ4n) is 2.24. The van der Waals surface area contributed by atoms with Crippen LogP contribution in [0, 0.1) is 10.1 Å². The van der Waals surface area contributed by atoms with Crippen molar-refractivity contribution in [3.8, 4) is 5.75 Å². The standard InChI is InChI=1S/C17H11NO4/c19-17-14(13-8-2-4-11-16(13)22-17)9-5-7-12-6-1-3-10-15(12)18(20)21/h1-11H. The number of hydrogen-bond donors (Lipinski definition) is 0. The van der Waals surface area contributed by atoms with E-state index in [0.29, 0.717) is 16.9 Å². The summed E-state index contributed by atoms with van der Waals surface area (Å²) in [5.41, 5.74) is 1.65. The first-order valence-electron chi connectivity index (χ1n) is 6.60. The SMILES string of the molecule is O=C1Oc2ccccc2C1=CC=Cc1ccccc1[N+](=O)[O-]. The summed E-state index contributed by atoms with van der Waals surface area (Å²) in [6, 6.07) is 13.5. The highest BCUT2D eigenvalue weighted by Crippen LogP contribution is 2.33. The van der Waals surface area contributed by atoms with Crippen LogP contribution in [0.2, 0.25) is 0 Å². The molecule has 1 aliphatic heterocycles. The zero-order valence-corrected chi connectivity index (χ0v) is 11.4. The monoisotopic (exact) mass is 293 g/mol. The van der Waals surface area contributed by atoms with Gasteiger partial charge in [-0.05, 0) is 24.3 Å². The number of allylic oxidation sites excluding steroid dienone is 2. The molecule has 0 radical (unpaired) electrons. The molecule has 0 amide bonds. The summed E-state index contributed by atoms with van der Waals surface area (Å²) in [6.07, 6.45) is 4.81. The molecule has 2 aromatic rings. The summed E-state index contributed by atoms with van der Waals surface area (Å²) < 4.78 is 5.13. The molecule has 0 saturated carbocycles. The fourth-order valence-corrected chi connectivity index (χ4v) is 2.24. The maximum absolute atomic E-state index is 11.8. The van der Waals surface area contributed by atoms with E-state index in [0.717, 1.165) is 5.56 Å². The van der Waals surface area contributed by atoms with Gasteiger partial charge in [-0.15, -0.1) is 0 Å². The number of nitro groups is 1. The van der Waals surface area contributed by atoms with Crippen molar-refractivity contribution in [3.05, 3.63) is 81.9 Å². The van der Waals surface area contributed by atoms with E-state index in [9.17, 15) is 14.9 Å². The minimum absolute atomic E-state index is 0.0200. The van der Waals surface area contributed by atoms with Crippen molar-refractivity contribution in [2.45, 2.75) is 0 Å². The number of benzene rings is 2. The lowest BCUT2D eigenvalue weighted by Crippen LogP contribution is -1.99. The number of carbonyl (C=O) groups excluding carboxylic acids is 1. The minimum Gasteiger partial charge on any atom is -0.422 e. The second-order valence-electron chi connectivity index (χ2n) is 4.64. The van der Waals surface area contributed by atoms with Gasteiger partial charge in [0.1, 0.15) is 5.75 Å². The number of nitro benzene ring substituents is 1. The van der Waals surface area contributed by atoms with Gasteiger partial charge < -0.3 is 4.74 Å². The van der Waals surface area contributed by atoms with Crippen LogP contribution in [0.15, 0.2) is 60.7 Å². The summed E-state index contributed by atoms with van der Waals surface area (Å²) in [6.45, 7) is 0. The third-order valence-corrected chi connectivity index (χ3v) is 3.27. The summed E-state index contributed by atoms with van der Waals surface area (Å²) in [5, 5.41) is 10.9. The Morgan fingerprint density at radius 1 is 1.05 bits per heavy atom. The number of rotatable bonds is 3. The van der Waals surface area contributed by atoms with Gasteiger partial charge in [-0.1, -0.05) is 36.4 Å². The number of hydrogen-bond acceptors (Lipinski definition) is 4. The predicted octanol–water partition coefficient (Wildman–Crippen LogP) is 3.61. The molecule has 1 aliphatic rings. The van der Waals surface area contributed by atoms with Crippen molar-refractivity contribution in [1.29, 1.82) is 0 Å². The third-order valence-electron chi connectivity index (χ3n) is 3.27. The van der Waals surface area contributed by atoms with Crippen molar-refractivity contribution < 1.29 is 14.5 Å². The van der Waals surface area contributed by atoms with Crippen LogP contribution in [0.25, 0.3) is 11.6 Å². The molecule has 0 aromatic heterocycles. The van der Waals surface area contributed by atoms with Crippen molar-refractivity contribution in [2.75, 3.05) is 0 Å². The Morgan fingerprint density at radius 2 is 1.77 bits per heavy atom. The van der Waals surface area contributed by atoms with Crippen molar-refractivity contribution in [1.82, 2.24) is 0 Å². The normalized spacial score (nSPS) is 15.1. The van der Waals surface area contributed by atoms with Crippen molar-refractivity contribution in [2.24, 2.45) is 0 Å². The first-order chi connectivity index (χ1) is 10.7. The van der Waals surface area contributed by atoms with Crippen LogP contribution in [0.5, 0.6) is 5.75 Å². The van der Waals surface area contributed by atoms with E-state index in [-0.39, 0.29) is 5.69 Å². The molecule has 1 heterocycles. The van der Waals surface area contributed by atoms with Gasteiger partial charge in [0.2, 0.25) is 0 Å². The highest BCUT2D eigenvalue weighted by Gasteiger charge is 2.25. The number of carbonyl (C=O) groups is 1. The number of para-hydroxylation sites is 2. The molecule has 0 atom stereocenters. The summed E-state index contributed by atoms with van der Waals surface area (Å²) in [7, 11) is 0. The molecule has 3 rings (SSSR count). The molecule has 5 heteroatoms. The Bertz CT molecular complexity index is 821.